The Labute approximate surface area is 200 Å². The van der Waals surface area contributed by atoms with E-state index in [1.165, 1.54) is 18.2 Å². The van der Waals surface area contributed by atoms with E-state index in [9.17, 15) is 15.0 Å². The molecule has 1 aliphatic heterocycles. The fraction of sp³-hybridized carbons (Fsp3) is 0.321. The fourth-order valence-electron chi connectivity index (χ4n) is 4.80. The molecule has 0 radical (unpaired) electrons. The van der Waals surface area contributed by atoms with Gasteiger partial charge in [-0.05, 0) is 37.8 Å². The molecule has 6 heteroatoms. The van der Waals surface area contributed by atoms with E-state index < -0.39 is 5.41 Å². The normalized spacial score (nSPS) is 15.0. The van der Waals surface area contributed by atoms with Gasteiger partial charge in [-0.1, -0.05) is 60.7 Å². The third-order valence-electron chi connectivity index (χ3n) is 6.95. The first-order valence-electron chi connectivity index (χ1n) is 11.6. The quantitative estimate of drug-likeness (QED) is 0.445. The molecular weight excluding hydrogens is 428 g/mol. The molecule has 3 aromatic carbocycles. The van der Waals surface area contributed by atoms with Crippen molar-refractivity contribution >= 4 is 5.91 Å². The number of hydrogen-bond acceptors (Lipinski definition) is 5. The number of amides is 1. The van der Waals surface area contributed by atoms with E-state index in [2.05, 4.69) is 18.7 Å². The first kappa shape index (κ1) is 23.6. The highest BCUT2D eigenvalue weighted by Crippen LogP contribution is 2.40. The van der Waals surface area contributed by atoms with E-state index in [-0.39, 0.29) is 29.0 Å². The summed E-state index contributed by atoms with van der Waals surface area (Å²) >= 11 is 0. The zero-order valence-corrected chi connectivity index (χ0v) is 19.6. The lowest BCUT2D eigenvalue weighted by atomic mass is 9.69. The van der Waals surface area contributed by atoms with Crippen LogP contribution in [-0.2, 0) is 10.2 Å². The summed E-state index contributed by atoms with van der Waals surface area (Å²) in [5.41, 5.74) is 6.80. The smallest absolute Gasteiger partial charge is 0.232 e. The van der Waals surface area contributed by atoms with Crippen molar-refractivity contribution in [1.29, 1.82) is 0 Å². The number of ether oxygens (including phenoxy) is 1. The van der Waals surface area contributed by atoms with Gasteiger partial charge in [0.2, 0.25) is 5.91 Å². The van der Waals surface area contributed by atoms with Crippen molar-refractivity contribution in [3.63, 3.8) is 0 Å². The second-order valence-electron chi connectivity index (χ2n) is 9.64. The van der Waals surface area contributed by atoms with Gasteiger partial charge in [-0.15, -0.1) is 0 Å². The van der Waals surface area contributed by atoms with E-state index in [1.54, 1.807) is 0 Å². The molecule has 6 nitrogen and oxygen atoms in total. The molecule has 1 aliphatic rings. The second kappa shape index (κ2) is 9.39. The van der Waals surface area contributed by atoms with Crippen LogP contribution in [0.15, 0.2) is 78.9 Å². The zero-order chi connectivity index (χ0) is 24.3. The number of nitrogens with zero attached hydrogens (tertiary/aromatic N) is 1. The fourth-order valence-corrected chi connectivity index (χ4v) is 4.80. The van der Waals surface area contributed by atoms with Crippen LogP contribution >= 0.6 is 0 Å². The Bertz CT molecular complexity index is 1070. The maximum absolute atomic E-state index is 13.1. The van der Waals surface area contributed by atoms with E-state index in [0.29, 0.717) is 25.3 Å². The molecule has 0 atom stereocenters. The Morgan fingerprint density at radius 2 is 1.41 bits per heavy atom. The van der Waals surface area contributed by atoms with Crippen LogP contribution in [0.2, 0.25) is 0 Å². The Kier molecular flexibility index (Phi) is 6.53. The summed E-state index contributed by atoms with van der Waals surface area (Å²) in [6, 6.07) is 23.8. The minimum absolute atomic E-state index is 0.0314. The highest BCUT2D eigenvalue weighted by molar-refractivity contribution is 5.90. The van der Waals surface area contributed by atoms with Crippen molar-refractivity contribution in [3.05, 3.63) is 90.0 Å². The van der Waals surface area contributed by atoms with Gasteiger partial charge in [0, 0.05) is 36.8 Å². The minimum atomic E-state index is -0.917. The minimum Gasteiger partial charge on any atom is -0.508 e. The summed E-state index contributed by atoms with van der Waals surface area (Å²) in [4.78, 5) is 15.4. The maximum Gasteiger partial charge on any atom is 0.232 e. The van der Waals surface area contributed by atoms with Crippen LogP contribution in [0, 0.1) is 0 Å². The number of nitrogens with two attached hydrogens (primary N) is 1. The number of carbonyl (C=O) groups excluding carboxylic acids is 1. The lowest BCUT2D eigenvalue weighted by Gasteiger charge is -2.49. The van der Waals surface area contributed by atoms with Crippen molar-refractivity contribution in [2.24, 2.45) is 5.73 Å². The summed E-state index contributed by atoms with van der Waals surface area (Å²) in [5.74, 6) is 0.0299. The van der Waals surface area contributed by atoms with Crippen LogP contribution in [0.25, 0.3) is 0 Å². The molecule has 1 amide bonds. The summed E-state index contributed by atoms with van der Waals surface area (Å²) in [6.45, 7) is 5.77. The SMILES string of the molecule is CC(C)(CCC(C(N)=O)(c1ccccc1)c1ccccc1)N1CC(Oc2cc(O)cc(O)c2)C1. The Morgan fingerprint density at radius 1 is 0.912 bits per heavy atom. The Morgan fingerprint density at radius 3 is 1.88 bits per heavy atom. The lowest BCUT2D eigenvalue weighted by molar-refractivity contribution is -0.122. The van der Waals surface area contributed by atoms with Gasteiger partial charge < -0.3 is 20.7 Å². The summed E-state index contributed by atoms with van der Waals surface area (Å²) in [6.07, 6.45) is 1.29. The third kappa shape index (κ3) is 4.73. The molecule has 34 heavy (non-hydrogen) atoms. The summed E-state index contributed by atoms with van der Waals surface area (Å²) < 4.78 is 5.92. The number of likely N-dealkylation sites (tertiary alicyclic amines) is 1. The van der Waals surface area contributed by atoms with Gasteiger partial charge in [-0.3, -0.25) is 9.69 Å². The molecule has 0 unspecified atom stereocenters. The predicted molar refractivity (Wildman–Crippen MR) is 132 cm³/mol. The van der Waals surface area contributed by atoms with E-state index >= 15 is 0 Å². The largest absolute Gasteiger partial charge is 0.508 e. The number of rotatable bonds is 9. The predicted octanol–water partition coefficient (Wildman–Crippen LogP) is 4.19. The topological polar surface area (TPSA) is 96.0 Å². The molecule has 4 rings (SSSR count). The Hall–Kier alpha value is -3.51. The Balaban J connectivity index is 1.49. The van der Waals surface area contributed by atoms with Gasteiger partial charge >= 0.3 is 0 Å². The van der Waals surface area contributed by atoms with E-state index in [4.69, 9.17) is 10.5 Å². The lowest BCUT2D eigenvalue weighted by Crippen LogP contribution is -2.62. The number of phenols is 2. The van der Waals surface area contributed by atoms with E-state index in [1.807, 2.05) is 60.7 Å². The highest BCUT2D eigenvalue weighted by Gasteiger charge is 2.44. The number of primary amides is 1. The molecule has 0 aliphatic carbocycles. The first-order valence-corrected chi connectivity index (χ1v) is 11.6. The number of benzene rings is 3. The molecule has 0 aromatic heterocycles. The molecule has 0 bridgehead atoms. The molecule has 4 N–H and O–H groups in total. The number of aromatic hydroxyl groups is 2. The number of phenolic OH excluding ortho intramolecular Hbond substituents is 2. The monoisotopic (exact) mass is 460 g/mol. The van der Waals surface area contributed by atoms with Gasteiger partial charge in [0.25, 0.3) is 0 Å². The molecule has 1 saturated heterocycles. The summed E-state index contributed by atoms with van der Waals surface area (Å²) in [5, 5.41) is 19.3. The molecule has 178 valence electrons. The number of hydrogen-bond donors (Lipinski definition) is 3. The van der Waals surface area contributed by atoms with Gasteiger partial charge in [-0.2, -0.15) is 0 Å². The standard InChI is InChI=1S/C28H32N2O4/c1-27(2,30-18-25(19-30)34-24-16-22(31)15-23(32)17-24)13-14-28(26(29)33,20-9-5-3-6-10-20)21-11-7-4-8-12-21/h3-12,15-17,25,31-32H,13-14,18-19H2,1-2H3,(H2,29,33). The average molecular weight is 461 g/mol. The van der Waals surface area contributed by atoms with Crippen molar-refractivity contribution in [3.8, 4) is 17.2 Å². The number of carbonyl (C=O) groups is 1. The van der Waals surface area contributed by atoms with Crippen LogP contribution in [0.3, 0.4) is 0 Å². The van der Waals surface area contributed by atoms with Crippen LogP contribution in [0.5, 0.6) is 17.2 Å². The van der Waals surface area contributed by atoms with Gasteiger partial charge in [0.05, 0.1) is 5.41 Å². The molecule has 1 fully saturated rings. The second-order valence-corrected chi connectivity index (χ2v) is 9.64. The van der Waals surface area contributed by atoms with Crippen LogP contribution in [-0.4, -0.2) is 45.8 Å². The van der Waals surface area contributed by atoms with Crippen molar-refractivity contribution < 1.29 is 19.7 Å². The zero-order valence-electron chi connectivity index (χ0n) is 19.6. The molecular formula is C28H32N2O4. The van der Waals surface area contributed by atoms with Gasteiger partial charge in [-0.25, -0.2) is 0 Å². The highest BCUT2D eigenvalue weighted by atomic mass is 16.5. The van der Waals surface area contributed by atoms with Gasteiger partial charge in [0.1, 0.15) is 23.4 Å². The van der Waals surface area contributed by atoms with Crippen molar-refractivity contribution in [2.75, 3.05) is 13.1 Å². The van der Waals surface area contributed by atoms with Crippen LogP contribution in [0.4, 0.5) is 0 Å². The van der Waals surface area contributed by atoms with Crippen LogP contribution in [0.1, 0.15) is 37.8 Å². The average Bonchev–Trinajstić information content (AvgIpc) is 2.77. The first-order chi connectivity index (χ1) is 16.2. The summed E-state index contributed by atoms with van der Waals surface area (Å²) in [7, 11) is 0. The van der Waals surface area contributed by atoms with Crippen molar-refractivity contribution in [1.82, 2.24) is 4.90 Å². The van der Waals surface area contributed by atoms with E-state index in [0.717, 1.165) is 17.5 Å². The van der Waals surface area contributed by atoms with Crippen LogP contribution < -0.4 is 10.5 Å². The molecule has 1 heterocycles. The molecule has 3 aromatic rings. The maximum atomic E-state index is 13.1. The third-order valence-corrected chi connectivity index (χ3v) is 6.95. The van der Waals surface area contributed by atoms with Crippen molar-refractivity contribution in [2.45, 2.75) is 43.7 Å². The molecule has 0 saturated carbocycles. The van der Waals surface area contributed by atoms with Gasteiger partial charge in [0.15, 0.2) is 0 Å². The molecule has 0 spiro atoms.